The number of hydrogen-bond donors (Lipinski definition) is 0. The fraction of sp³-hybridized carbons (Fsp3) is 0.292. The molecule has 0 bridgehead atoms. The highest BCUT2D eigenvalue weighted by molar-refractivity contribution is 5.89. The molecular weight excluding hydrogens is 413 g/mol. The van der Waals surface area contributed by atoms with E-state index >= 15 is 0 Å². The van der Waals surface area contributed by atoms with Crippen LogP contribution in [0.2, 0.25) is 0 Å². The van der Waals surface area contributed by atoms with Crippen molar-refractivity contribution < 1.29 is 18.3 Å². The minimum absolute atomic E-state index is 0.156. The summed E-state index contributed by atoms with van der Waals surface area (Å²) in [5.41, 5.74) is 4.17. The normalized spacial score (nSPS) is 13.3. The summed E-state index contributed by atoms with van der Waals surface area (Å²) in [6, 6.07) is 13.3. The van der Waals surface area contributed by atoms with Gasteiger partial charge >= 0.3 is 11.7 Å². The molecule has 0 amide bonds. The summed E-state index contributed by atoms with van der Waals surface area (Å²) in [4.78, 5) is 24.9. The van der Waals surface area contributed by atoms with E-state index in [-0.39, 0.29) is 12.4 Å². The van der Waals surface area contributed by atoms with Gasteiger partial charge in [-0.2, -0.15) is 5.10 Å². The molecule has 1 aliphatic carbocycles. The van der Waals surface area contributed by atoms with Gasteiger partial charge in [-0.25, -0.2) is 18.7 Å². The minimum atomic E-state index is -0.478. The lowest BCUT2D eigenvalue weighted by molar-refractivity contribution is 0.0487. The Hall–Kier alpha value is -3.68. The van der Waals surface area contributed by atoms with E-state index in [4.69, 9.17) is 9.15 Å². The van der Waals surface area contributed by atoms with Gasteiger partial charge in [-0.3, -0.25) is 4.57 Å². The number of carbonyl (C=O) groups excluding carboxylic acids is 1. The highest BCUT2D eigenvalue weighted by Gasteiger charge is 2.26. The number of hydrogen-bond acceptors (Lipinski definition) is 5. The maximum absolute atomic E-state index is 13.3. The first kappa shape index (κ1) is 20.2. The largest absolute Gasteiger partial charge is 0.461 e. The van der Waals surface area contributed by atoms with Crippen LogP contribution >= 0.6 is 0 Å². The number of carbonyl (C=O) groups is 1. The van der Waals surface area contributed by atoms with Gasteiger partial charge in [-0.05, 0) is 68.5 Å². The predicted molar refractivity (Wildman–Crippen MR) is 116 cm³/mol. The van der Waals surface area contributed by atoms with E-state index in [1.54, 1.807) is 22.9 Å². The molecule has 0 atom stereocenters. The second-order valence-corrected chi connectivity index (χ2v) is 7.85. The summed E-state index contributed by atoms with van der Waals surface area (Å²) in [5, 5.41) is 4.52. The molecule has 0 aliphatic heterocycles. The number of halogens is 1. The van der Waals surface area contributed by atoms with Crippen molar-refractivity contribution in [2.24, 2.45) is 0 Å². The van der Waals surface area contributed by atoms with Crippen LogP contribution in [-0.4, -0.2) is 26.9 Å². The topological polar surface area (TPSA) is 79.3 Å². The van der Waals surface area contributed by atoms with Crippen molar-refractivity contribution >= 4 is 17.1 Å². The van der Waals surface area contributed by atoms with Crippen molar-refractivity contribution in [2.75, 3.05) is 6.61 Å². The molecular formula is C24H22FN3O4. The first-order chi connectivity index (χ1) is 15.6. The number of aryl methyl sites for hydroxylation is 1. The molecule has 0 fully saturated rings. The number of nitrogens with zero attached hydrogens (tertiary/aromatic N) is 3. The number of benzene rings is 2. The standard InChI is InChI=1S/C24H22FN3O4/c25-16-10-12-17(13-11-16)28-19-7-2-1-6-18(19)22(26-28)23(29)31-15-5-14-27-20-8-3-4-9-21(20)32-24(27)30/h3-4,8-13H,1-2,5-7,14-15H2. The molecule has 0 N–H and O–H groups in total. The zero-order valence-corrected chi connectivity index (χ0v) is 17.4. The van der Waals surface area contributed by atoms with Crippen molar-refractivity contribution in [3.63, 3.8) is 0 Å². The van der Waals surface area contributed by atoms with E-state index in [1.165, 1.54) is 16.7 Å². The molecule has 4 aromatic rings. The maximum Gasteiger partial charge on any atom is 0.419 e. The SMILES string of the molecule is O=C(OCCCn1c(=O)oc2ccccc21)c1nn(-c2ccc(F)cc2)c2c1CCCC2. The third kappa shape index (κ3) is 3.72. The molecule has 1 aliphatic rings. The zero-order valence-electron chi connectivity index (χ0n) is 17.4. The van der Waals surface area contributed by atoms with Crippen LogP contribution in [0.1, 0.15) is 41.0 Å². The molecule has 5 rings (SSSR count). The second kappa shape index (κ2) is 8.45. The lowest BCUT2D eigenvalue weighted by Gasteiger charge is -2.14. The Kier molecular flexibility index (Phi) is 5.34. The van der Waals surface area contributed by atoms with Gasteiger partial charge in [0.05, 0.1) is 17.8 Å². The van der Waals surface area contributed by atoms with E-state index in [2.05, 4.69) is 5.10 Å². The van der Waals surface area contributed by atoms with Crippen LogP contribution in [0, 0.1) is 5.82 Å². The van der Waals surface area contributed by atoms with E-state index in [1.807, 2.05) is 18.2 Å². The van der Waals surface area contributed by atoms with Crippen LogP contribution in [0.3, 0.4) is 0 Å². The van der Waals surface area contributed by atoms with Crippen LogP contribution in [-0.2, 0) is 24.1 Å². The monoisotopic (exact) mass is 435 g/mol. The number of esters is 1. The predicted octanol–water partition coefficient (Wildman–Crippen LogP) is 4.05. The molecule has 2 aromatic carbocycles. The quantitative estimate of drug-likeness (QED) is 0.337. The van der Waals surface area contributed by atoms with Crippen molar-refractivity contribution in [1.82, 2.24) is 14.3 Å². The Morgan fingerprint density at radius 3 is 2.72 bits per heavy atom. The summed E-state index contributed by atoms with van der Waals surface area (Å²) in [6.07, 6.45) is 4.04. The fourth-order valence-corrected chi connectivity index (χ4v) is 4.24. The van der Waals surface area contributed by atoms with Crippen LogP contribution in [0.4, 0.5) is 4.39 Å². The number of aromatic nitrogens is 3. The number of ether oxygens (including phenoxy) is 1. The number of rotatable bonds is 6. The van der Waals surface area contributed by atoms with Crippen LogP contribution in [0.25, 0.3) is 16.8 Å². The molecule has 0 unspecified atom stereocenters. The van der Waals surface area contributed by atoms with E-state index in [9.17, 15) is 14.0 Å². The first-order valence-electron chi connectivity index (χ1n) is 10.7. The molecule has 0 radical (unpaired) electrons. The smallest absolute Gasteiger partial charge is 0.419 e. The average Bonchev–Trinajstić information content (AvgIpc) is 3.35. The lowest BCUT2D eigenvalue weighted by atomic mass is 9.95. The molecule has 2 heterocycles. The minimum Gasteiger partial charge on any atom is -0.461 e. The Morgan fingerprint density at radius 2 is 1.88 bits per heavy atom. The van der Waals surface area contributed by atoms with Gasteiger partial charge in [-0.1, -0.05) is 12.1 Å². The van der Waals surface area contributed by atoms with Crippen LogP contribution in [0.15, 0.2) is 57.7 Å². The molecule has 164 valence electrons. The third-order valence-electron chi connectivity index (χ3n) is 5.78. The second-order valence-electron chi connectivity index (χ2n) is 7.85. The maximum atomic E-state index is 13.3. The molecule has 32 heavy (non-hydrogen) atoms. The van der Waals surface area contributed by atoms with Crippen molar-refractivity contribution in [2.45, 2.75) is 38.6 Å². The van der Waals surface area contributed by atoms with Crippen LogP contribution in [0.5, 0.6) is 0 Å². The third-order valence-corrected chi connectivity index (χ3v) is 5.78. The summed E-state index contributed by atoms with van der Waals surface area (Å²) in [7, 11) is 0. The molecule has 7 nitrogen and oxygen atoms in total. The van der Waals surface area contributed by atoms with Crippen molar-refractivity contribution in [3.05, 3.63) is 81.9 Å². The average molecular weight is 435 g/mol. The fourth-order valence-electron chi connectivity index (χ4n) is 4.24. The van der Waals surface area contributed by atoms with E-state index in [0.717, 1.165) is 48.1 Å². The summed E-state index contributed by atoms with van der Waals surface area (Å²) in [5.74, 6) is -1.23. The highest BCUT2D eigenvalue weighted by atomic mass is 19.1. The molecule has 8 heteroatoms. The van der Waals surface area contributed by atoms with Crippen molar-refractivity contribution in [3.8, 4) is 5.69 Å². The van der Waals surface area contributed by atoms with Gasteiger partial charge in [-0.15, -0.1) is 0 Å². The summed E-state index contributed by atoms with van der Waals surface area (Å²) >= 11 is 0. The number of fused-ring (bicyclic) bond motifs is 2. The Labute approximate surface area is 183 Å². The van der Waals surface area contributed by atoms with Gasteiger partial charge in [0.2, 0.25) is 0 Å². The van der Waals surface area contributed by atoms with Crippen LogP contribution < -0.4 is 5.76 Å². The summed E-state index contributed by atoms with van der Waals surface area (Å²) < 4.78 is 27.3. The molecule has 0 saturated heterocycles. The van der Waals surface area contributed by atoms with E-state index < -0.39 is 11.7 Å². The Balaban J connectivity index is 1.30. The van der Waals surface area contributed by atoms with Gasteiger partial charge in [0.15, 0.2) is 11.3 Å². The van der Waals surface area contributed by atoms with Gasteiger partial charge in [0.1, 0.15) is 5.82 Å². The van der Waals surface area contributed by atoms with Gasteiger partial charge in [0.25, 0.3) is 0 Å². The Morgan fingerprint density at radius 1 is 1.09 bits per heavy atom. The number of para-hydroxylation sites is 2. The van der Waals surface area contributed by atoms with Gasteiger partial charge in [0, 0.05) is 17.8 Å². The summed E-state index contributed by atoms with van der Waals surface area (Å²) in [6.45, 7) is 0.536. The zero-order chi connectivity index (χ0) is 22.1. The highest BCUT2D eigenvalue weighted by Crippen LogP contribution is 2.27. The van der Waals surface area contributed by atoms with Crippen molar-refractivity contribution in [1.29, 1.82) is 0 Å². The lowest BCUT2D eigenvalue weighted by Crippen LogP contribution is -2.17. The Bertz CT molecular complexity index is 1330. The van der Waals surface area contributed by atoms with E-state index in [0.29, 0.717) is 24.2 Å². The molecule has 2 aromatic heterocycles. The number of oxazole rings is 1. The first-order valence-corrected chi connectivity index (χ1v) is 10.7. The molecule has 0 saturated carbocycles. The molecule has 0 spiro atoms. The van der Waals surface area contributed by atoms with Gasteiger partial charge < -0.3 is 9.15 Å².